The van der Waals surface area contributed by atoms with Crippen LogP contribution in [-0.4, -0.2) is 52.4 Å². The van der Waals surface area contributed by atoms with Gasteiger partial charge in [-0.2, -0.15) is 0 Å². The van der Waals surface area contributed by atoms with E-state index in [4.69, 9.17) is 9.15 Å². The fourth-order valence-corrected chi connectivity index (χ4v) is 3.46. The van der Waals surface area contributed by atoms with Gasteiger partial charge in [0.1, 0.15) is 6.61 Å². The summed E-state index contributed by atoms with van der Waals surface area (Å²) in [6.45, 7) is 0.357. The molecular weight excluding hydrogens is 334 g/mol. The van der Waals surface area contributed by atoms with Crippen molar-refractivity contribution in [3.8, 4) is 0 Å². The summed E-state index contributed by atoms with van der Waals surface area (Å²) in [7, 11) is 1.73. The minimum absolute atomic E-state index is 0.0663. The van der Waals surface area contributed by atoms with Crippen LogP contribution in [0.5, 0.6) is 0 Å². The van der Waals surface area contributed by atoms with Crippen molar-refractivity contribution in [3.05, 3.63) is 54.2 Å². The van der Waals surface area contributed by atoms with Crippen LogP contribution in [0.15, 0.2) is 47.5 Å². The molecule has 0 spiro atoms. The van der Waals surface area contributed by atoms with E-state index >= 15 is 0 Å². The molecule has 136 valence electrons. The molecule has 2 fully saturated rings. The second-order valence-corrected chi connectivity index (χ2v) is 6.82. The van der Waals surface area contributed by atoms with E-state index in [0.717, 1.165) is 24.0 Å². The maximum Gasteiger partial charge on any atom is 0.254 e. The molecule has 1 saturated heterocycles. The lowest BCUT2D eigenvalue weighted by Crippen LogP contribution is -2.55. The van der Waals surface area contributed by atoms with Crippen molar-refractivity contribution in [3.63, 3.8) is 0 Å². The van der Waals surface area contributed by atoms with Crippen molar-refractivity contribution in [2.75, 3.05) is 13.7 Å². The van der Waals surface area contributed by atoms with Crippen molar-refractivity contribution in [2.24, 2.45) is 0 Å². The van der Waals surface area contributed by atoms with Gasteiger partial charge in [-0.1, -0.05) is 6.07 Å². The molecule has 2 aromatic rings. The summed E-state index contributed by atoms with van der Waals surface area (Å²) in [4.78, 5) is 33.2. The summed E-state index contributed by atoms with van der Waals surface area (Å²) < 4.78 is 10.8. The van der Waals surface area contributed by atoms with E-state index in [1.54, 1.807) is 36.9 Å². The molecule has 7 nitrogen and oxygen atoms in total. The Morgan fingerprint density at radius 3 is 2.88 bits per heavy atom. The zero-order valence-corrected chi connectivity index (χ0v) is 14.6. The van der Waals surface area contributed by atoms with Crippen LogP contribution >= 0.6 is 0 Å². The van der Waals surface area contributed by atoms with Gasteiger partial charge in [0.15, 0.2) is 6.10 Å². The van der Waals surface area contributed by atoms with Crippen molar-refractivity contribution in [2.45, 2.75) is 37.6 Å². The summed E-state index contributed by atoms with van der Waals surface area (Å²) in [6.07, 6.45) is 7.77. The highest BCUT2D eigenvalue weighted by atomic mass is 16.5. The quantitative estimate of drug-likeness (QED) is 0.817. The van der Waals surface area contributed by atoms with Crippen LogP contribution in [0.1, 0.15) is 30.0 Å². The molecule has 0 radical (unpaired) electrons. The Labute approximate surface area is 151 Å². The molecule has 0 N–H and O–H groups in total. The first kappa shape index (κ1) is 16.8. The molecule has 2 amide bonds. The molecule has 4 rings (SSSR count). The zero-order valence-electron chi connectivity index (χ0n) is 14.6. The number of likely N-dealkylation sites (N-methyl/N-ethyl adjacent to an activating group) is 1. The van der Waals surface area contributed by atoms with Crippen LogP contribution in [0.2, 0.25) is 0 Å². The van der Waals surface area contributed by atoms with Gasteiger partial charge in [-0.05, 0) is 30.5 Å². The first-order valence-corrected chi connectivity index (χ1v) is 8.74. The smallest absolute Gasteiger partial charge is 0.254 e. The highest BCUT2D eigenvalue weighted by Gasteiger charge is 2.48. The fraction of sp³-hybridized carbons (Fsp3) is 0.421. The van der Waals surface area contributed by atoms with Crippen LogP contribution in [0, 0.1) is 0 Å². The second-order valence-electron chi connectivity index (χ2n) is 6.82. The predicted octanol–water partition coefficient (Wildman–Crippen LogP) is 1.76. The highest BCUT2D eigenvalue weighted by molar-refractivity contribution is 5.86. The summed E-state index contributed by atoms with van der Waals surface area (Å²) in [5.41, 5.74) is 1.73. The molecule has 1 saturated carbocycles. The van der Waals surface area contributed by atoms with Gasteiger partial charge in [0.2, 0.25) is 5.91 Å². The highest BCUT2D eigenvalue weighted by Crippen LogP contribution is 2.39. The normalized spacial score (nSPS) is 23.1. The van der Waals surface area contributed by atoms with Crippen molar-refractivity contribution in [1.29, 1.82) is 0 Å². The molecule has 2 aliphatic rings. The van der Waals surface area contributed by atoms with Crippen molar-refractivity contribution < 1.29 is 18.7 Å². The Balaban J connectivity index is 1.61. The number of rotatable bonds is 5. The Hall–Kier alpha value is -2.67. The molecular formula is C19H21N3O4. The number of aromatic nitrogens is 1. The molecule has 2 atom stereocenters. The van der Waals surface area contributed by atoms with Gasteiger partial charge < -0.3 is 19.0 Å². The van der Waals surface area contributed by atoms with E-state index in [1.165, 1.54) is 0 Å². The lowest BCUT2D eigenvalue weighted by Gasteiger charge is -2.41. The predicted molar refractivity (Wildman–Crippen MR) is 91.8 cm³/mol. The van der Waals surface area contributed by atoms with E-state index in [0.29, 0.717) is 6.54 Å². The van der Waals surface area contributed by atoms with E-state index in [-0.39, 0.29) is 24.5 Å². The zero-order chi connectivity index (χ0) is 18.1. The number of pyridine rings is 1. The topological polar surface area (TPSA) is 75.9 Å². The Bertz CT molecular complexity index is 773. The maximum absolute atomic E-state index is 13.1. The Morgan fingerprint density at radius 1 is 1.38 bits per heavy atom. The Morgan fingerprint density at radius 2 is 2.23 bits per heavy atom. The standard InChI is InChI=1S/C19H21N3O4/c1-21(10-13-6-8-25-11-13)19(24)18-17(14-3-2-7-20-9-14)22(15-4-5-15)16(23)12-26-18/h2-3,6-9,11,15,17-18H,4-5,10,12H2,1H3/t17-,18+/m1/s1. The van der Waals surface area contributed by atoms with Crippen molar-refractivity contribution >= 4 is 11.8 Å². The number of carbonyl (C=O) groups excluding carboxylic acids is 2. The number of furan rings is 1. The average molecular weight is 355 g/mol. The lowest BCUT2D eigenvalue weighted by molar-refractivity contribution is -0.170. The molecule has 1 aliphatic heterocycles. The summed E-state index contributed by atoms with van der Waals surface area (Å²) >= 11 is 0. The minimum Gasteiger partial charge on any atom is -0.472 e. The maximum atomic E-state index is 13.1. The number of morpholine rings is 1. The number of carbonyl (C=O) groups is 2. The van der Waals surface area contributed by atoms with E-state index in [2.05, 4.69) is 4.98 Å². The monoisotopic (exact) mass is 355 g/mol. The number of ether oxygens (including phenoxy) is 1. The number of hydrogen-bond donors (Lipinski definition) is 0. The number of amides is 2. The first-order valence-electron chi connectivity index (χ1n) is 8.74. The number of hydrogen-bond acceptors (Lipinski definition) is 5. The third-order valence-electron chi connectivity index (χ3n) is 4.85. The molecule has 0 aromatic carbocycles. The van der Waals surface area contributed by atoms with Gasteiger partial charge in [-0.15, -0.1) is 0 Å². The molecule has 2 aromatic heterocycles. The van der Waals surface area contributed by atoms with Gasteiger partial charge in [0.25, 0.3) is 5.91 Å². The summed E-state index contributed by atoms with van der Waals surface area (Å²) in [6, 6.07) is 5.27. The third-order valence-corrected chi connectivity index (χ3v) is 4.85. The number of nitrogens with zero attached hydrogens (tertiary/aromatic N) is 3. The van der Waals surface area contributed by atoms with Gasteiger partial charge in [0.05, 0.1) is 18.6 Å². The van der Waals surface area contributed by atoms with Gasteiger partial charge in [-0.25, -0.2) is 0 Å². The molecule has 7 heteroatoms. The average Bonchev–Trinajstić information content (AvgIpc) is 3.37. The third kappa shape index (κ3) is 3.22. The molecule has 0 unspecified atom stereocenters. The molecule has 0 bridgehead atoms. The molecule has 3 heterocycles. The lowest BCUT2D eigenvalue weighted by atomic mass is 9.97. The van der Waals surface area contributed by atoms with Crippen LogP contribution < -0.4 is 0 Å². The van der Waals surface area contributed by atoms with Crippen molar-refractivity contribution in [1.82, 2.24) is 14.8 Å². The summed E-state index contributed by atoms with van der Waals surface area (Å²) in [5, 5.41) is 0. The minimum atomic E-state index is -0.741. The Kier molecular flexibility index (Phi) is 4.46. The van der Waals surface area contributed by atoms with E-state index in [1.807, 2.05) is 23.1 Å². The molecule has 26 heavy (non-hydrogen) atoms. The van der Waals surface area contributed by atoms with Crippen LogP contribution in [0.3, 0.4) is 0 Å². The van der Waals surface area contributed by atoms with E-state index < -0.39 is 12.1 Å². The largest absolute Gasteiger partial charge is 0.472 e. The van der Waals surface area contributed by atoms with Crippen LogP contribution in [0.25, 0.3) is 0 Å². The SMILES string of the molecule is CN(Cc1ccoc1)C(=O)[C@H]1OCC(=O)N(C2CC2)[C@@H]1c1cccnc1. The van der Waals surface area contributed by atoms with Gasteiger partial charge in [-0.3, -0.25) is 14.6 Å². The van der Waals surface area contributed by atoms with Crippen LogP contribution in [0.4, 0.5) is 0 Å². The second kappa shape index (κ2) is 6.92. The van der Waals surface area contributed by atoms with Gasteiger partial charge >= 0.3 is 0 Å². The fourth-order valence-electron chi connectivity index (χ4n) is 3.46. The molecule has 1 aliphatic carbocycles. The van der Waals surface area contributed by atoms with Crippen LogP contribution in [-0.2, 0) is 20.9 Å². The van der Waals surface area contributed by atoms with Gasteiger partial charge in [0, 0.05) is 37.6 Å². The summed E-state index contributed by atoms with van der Waals surface area (Å²) in [5.74, 6) is -0.221. The first-order chi connectivity index (χ1) is 12.6. The van der Waals surface area contributed by atoms with E-state index in [9.17, 15) is 9.59 Å².